The molecule has 5 nitrogen and oxygen atoms in total. The van der Waals surface area contributed by atoms with Crippen LogP contribution < -0.4 is 4.74 Å². The molecule has 0 bridgehead atoms. The monoisotopic (exact) mass is 263 g/mol. The lowest BCUT2D eigenvalue weighted by molar-refractivity contribution is -0.145. The van der Waals surface area contributed by atoms with Gasteiger partial charge >= 0.3 is 5.97 Å². The zero-order valence-electron chi connectivity index (χ0n) is 10.8. The van der Waals surface area contributed by atoms with Crippen LogP contribution in [-0.2, 0) is 16.0 Å². The van der Waals surface area contributed by atoms with E-state index < -0.39 is 11.9 Å². The Morgan fingerprint density at radius 1 is 1.53 bits per heavy atom. The molecular weight excluding hydrogens is 246 g/mol. The van der Waals surface area contributed by atoms with Crippen molar-refractivity contribution in [1.82, 2.24) is 0 Å². The second-order valence-corrected chi connectivity index (χ2v) is 3.86. The summed E-state index contributed by atoms with van der Waals surface area (Å²) in [6, 6.07) is 9.04. The second-order valence-electron chi connectivity index (χ2n) is 3.86. The van der Waals surface area contributed by atoms with Crippen LogP contribution >= 0.6 is 0 Å². The average molecular weight is 263 g/mol. The van der Waals surface area contributed by atoms with Gasteiger partial charge in [0.2, 0.25) is 0 Å². The van der Waals surface area contributed by atoms with Gasteiger partial charge in [0.25, 0.3) is 0 Å². The van der Waals surface area contributed by atoms with E-state index in [1.165, 1.54) is 0 Å². The van der Waals surface area contributed by atoms with Crippen LogP contribution in [-0.4, -0.2) is 30.9 Å². The van der Waals surface area contributed by atoms with Gasteiger partial charge in [-0.15, -0.1) is 0 Å². The van der Waals surface area contributed by atoms with Gasteiger partial charge in [0.15, 0.2) is 0 Å². The Morgan fingerprint density at radius 3 is 2.95 bits per heavy atom. The number of nitrogens with zero attached hydrogens (tertiary/aromatic N) is 1. The fourth-order valence-electron chi connectivity index (χ4n) is 1.59. The number of hydrogen-bond acceptors (Lipinski definition) is 5. The Kier molecular flexibility index (Phi) is 6.41. The Hall–Kier alpha value is -2.06. The third-order valence-electron chi connectivity index (χ3n) is 2.43. The van der Waals surface area contributed by atoms with Gasteiger partial charge in [-0.3, -0.25) is 4.79 Å². The summed E-state index contributed by atoms with van der Waals surface area (Å²) in [5.41, 5.74) is 0.815. The van der Waals surface area contributed by atoms with Gasteiger partial charge in [-0.2, -0.15) is 5.26 Å². The van der Waals surface area contributed by atoms with Crippen LogP contribution in [0.25, 0.3) is 0 Å². The summed E-state index contributed by atoms with van der Waals surface area (Å²) in [6.45, 7) is 2.11. The highest BCUT2D eigenvalue weighted by Crippen LogP contribution is 2.17. The van der Waals surface area contributed by atoms with E-state index in [-0.39, 0.29) is 26.2 Å². The van der Waals surface area contributed by atoms with Gasteiger partial charge < -0.3 is 14.6 Å². The molecule has 0 fully saturated rings. The molecule has 0 heterocycles. The van der Waals surface area contributed by atoms with Crippen LogP contribution in [0.1, 0.15) is 12.5 Å². The molecule has 5 heteroatoms. The molecule has 0 aliphatic carbocycles. The topological polar surface area (TPSA) is 79.6 Å². The molecule has 0 amide bonds. The van der Waals surface area contributed by atoms with Crippen molar-refractivity contribution in [1.29, 1.82) is 5.26 Å². The van der Waals surface area contributed by atoms with Crippen molar-refractivity contribution in [3.05, 3.63) is 29.8 Å². The number of nitriles is 1. The van der Waals surface area contributed by atoms with Crippen molar-refractivity contribution < 1.29 is 19.4 Å². The third kappa shape index (κ3) is 4.98. The zero-order valence-corrected chi connectivity index (χ0v) is 10.8. The first-order valence-electron chi connectivity index (χ1n) is 6.10. The number of aliphatic hydroxyl groups excluding tert-OH is 1. The van der Waals surface area contributed by atoms with Crippen LogP contribution in [0, 0.1) is 17.2 Å². The van der Waals surface area contributed by atoms with Crippen molar-refractivity contribution in [2.75, 3.05) is 19.8 Å². The maximum absolute atomic E-state index is 11.5. The van der Waals surface area contributed by atoms with Gasteiger partial charge in [0.05, 0.1) is 19.3 Å². The number of rotatable bonds is 7. The summed E-state index contributed by atoms with van der Waals surface area (Å²) >= 11 is 0. The summed E-state index contributed by atoms with van der Waals surface area (Å²) in [4.78, 5) is 11.5. The molecule has 1 aromatic carbocycles. The molecule has 102 valence electrons. The Balaban J connectivity index is 2.69. The first-order chi connectivity index (χ1) is 9.21. The smallest absolute Gasteiger partial charge is 0.323 e. The van der Waals surface area contributed by atoms with E-state index in [4.69, 9.17) is 19.8 Å². The van der Waals surface area contributed by atoms with Crippen LogP contribution in [0.5, 0.6) is 5.75 Å². The molecule has 0 aliphatic rings. The van der Waals surface area contributed by atoms with E-state index in [1.807, 2.05) is 12.1 Å². The Bertz CT molecular complexity index is 453. The average Bonchev–Trinajstić information content (AvgIpc) is 2.43. The number of carbonyl (C=O) groups excluding carboxylic acids is 1. The summed E-state index contributed by atoms with van der Waals surface area (Å²) < 4.78 is 10.1. The van der Waals surface area contributed by atoms with Crippen molar-refractivity contribution in [3.8, 4) is 11.8 Å². The molecule has 0 aliphatic heterocycles. The first kappa shape index (κ1) is 15.0. The van der Waals surface area contributed by atoms with Gasteiger partial charge in [-0.1, -0.05) is 12.1 Å². The molecule has 0 saturated heterocycles. The highest BCUT2D eigenvalue weighted by Gasteiger charge is 2.19. The standard InChI is InChI=1S/C14H17NO4/c1-2-18-14(17)12(10-15)8-11-4-3-5-13(9-11)19-7-6-16/h3-5,9,12,16H,2,6-8H2,1H3. The van der Waals surface area contributed by atoms with E-state index in [9.17, 15) is 4.79 Å². The van der Waals surface area contributed by atoms with E-state index in [0.717, 1.165) is 5.56 Å². The number of carbonyl (C=O) groups is 1. The molecule has 0 spiro atoms. The fourth-order valence-corrected chi connectivity index (χ4v) is 1.59. The molecule has 1 N–H and O–H groups in total. The lowest BCUT2D eigenvalue weighted by atomic mass is 10.0. The second kappa shape index (κ2) is 8.11. The number of esters is 1. The summed E-state index contributed by atoms with van der Waals surface area (Å²) in [6.07, 6.45) is 0.283. The van der Waals surface area contributed by atoms with Crippen LogP contribution in [0.2, 0.25) is 0 Å². The van der Waals surface area contributed by atoms with Gasteiger partial charge in [-0.05, 0) is 31.0 Å². The van der Waals surface area contributed by atoms with Crippen LogP contribution in [0.4, 0.5) is 0 Å². The van der Waals surface area contributed by atoms with E-state index >= 15 is 0 Å². The van der Waals surface area contributed by atoms with Gasteiger partial charge in [0.1, 0.15) is 18.3 Å². The minimum absolute atomic E-state index is 0.0616. The fraction of sp³-hybridized carbons (Fsp3) is 0.429. The molecule has 1 rings (SSSR count). The van der Waals surface area contributed by atoms with Crippen LogP contribution in [0.3, 0.4) is 0 Å². The molecule has 0 saturated carbocycles. The van der Waals surface area contributed by atoms with Gasteiger partial charge in [-0.25, -0.2) is 0 Å². The van der Waals surface area contributed by atoms with Crippen LogP contribution in [0.15, 0.2) is 24.3 Å². The maximum atomic E-state index is 11.5. The normalized spacial score (nSPS) is 11.4. The minimum atomic E-state index is -0.812. The zero-order chi connectivity index (χ0) is 14.1. The molecule has 0 radical (unpaired) electrons. The number of aliphatic hydroxyl groups is 1. The first-order valence-corrected chi connectivity index (χ1v) is 6.10. The molecule has 0 aromatic heterocycles. The summed E-state index contributed by atoms with van der Waals surface area (Å²) in [5.74, 6) is -0.716. The number of benzene rings is 1. The lowest BCUT2D eigenvalue weighted by Crippen LogP contribution is -2.18. The molecular formula is C14H17NO4. The summed E-state index contributed by atoms with van der Waals surface area (Å²) in [5, 5.41) is 17.7. The highest BCUT2D eigenvalue weighted by molar-refractivity contribution is 5.75. The Morgan fingerprint density at radius 2 is 2.32 bits per heavy atom. The predicted octanol–water partition coefficient (Wildman–Crippen LogP) is 1.30. The maximum Gasteiger partial charge on any atom is 0.323 e. The predicted molar refractivity (Wildman–Crippen MR) is 68.5 cm³/mol. The van der Waals surface area contributed by atoms with E-state index in [2.05, 4.69) is 0 Å². The van der Waals surface area contributed by atoms with E-state index in [0.29, 0.717) is 5.75 Å². The third-order valence-corrected chi connectivity index (χ3v) is 2.43. The minimum Gasteiger partial charge on any atom is -0.491 e. The van der Waals surface area contributed by atoms with Crippen molar-refractivity contribution in [3.63, 3.8) is 0 Å². The number of hydrogen-bond donors (Lipinski definition) is 1. The van der Waals surface area contributed by atoms with Crippen molar-refractivity contribution >= 4 is 5.97 Å². The molecule has 1 unspecified atom stereocenters. The molecule has 1 atom stereocenters. The van der Waals surface area contributed by atoms with E-state index in [1.54, 1.807) is 25.1 Å². The molecule has 19 heavy (non-hydrogen) atoms. The SMILES string of the molecule is CCOC(=O)C(C#N)Cc1cccc(OCCO)c1. The number of ether oxygens (including phenoxy) is 2. The Labute approximate surface area is 112 Å². The van der Waals surface area contributed by atoms with Gasteiger partial charge in [0, 0.05) is 0 Å². The lowest BCUT2D eigenvalue weighted by Gasteiger charge is -2.10. The largest absolute Gasteiger partial charge is 0.491 e. The quantitative estimate of drug-likeness (QED) is 0.750. The molecule has 1 aromatic rings. The van der Waals surface area contributed by atoms with Crippen molar-refractivity contribution in [2.45, 2.75) is 13.3 Å². The highest BCUT2D eigenvalue weighted by atomic mass is 16.5. The van der Waals surface area contributed by atoms with Crippen molar-refractivity contribution in [2.24, 2.45) is 5.92 Å². The summed E-state index contributed by atoms with van der Waals surface area (Å²) in [7, 11) is 0.